The monoisotopic (exact) mass is 182 g/mol. The van der Waals surface area contributed by atoms with E-state index in [-0.39, 0.29) is 5.91 Å². The first-order chi connectivity index (χ1) is 6.11. The smallest absolute Gasteiger partial charge is 0.246 e. The fourth-order valence-corrected chi connectivity index (χ4v) is 1.11. The molecular formula is C10H18N2O. The highest BCUT2D eigenvalue weighted by atomic mass is 16.1. The highest BCUT2D eigenvalue weighted by molar-refractivity contribution is 5.93. The van der Waals surface area contributed by atoms with Crippen LogP contribution in [-0.2, 0) is 4.79 Å². The molecule has 0 saturated carbocycles. The van der Waals surface area contributed by atoms with Gasteiger partial charge < -0.3 is 10.6 Å². The summed E-state index contributed by atoms with van der Waals surface area (Å²) in [5, 5.41) is 6.03. The van der Waals surface area contributed by atoms with E-state index >= 15 is 0 Å². The summed E-state index contributed by atoms with van der Waals surface area (Å²) in [6.45, 7) is 8.59. The molecule has 13 heavy (non-hydrogen) atoms. The Kier molecular flexibility index (Phi) is 3.48. The Bertz CT molecular complexity index is 225. The van der Waals surface area contributed by atoms with Crippen LogP contribution in [0.2, 0.25) is 0 Å². The normalized spacial score (nSPS) is 15.5. The van der Waals surface area contributed by atoms with Crippen LogP contribution in [0.5, 0.6) is 0 Å². The maximum Gasteiger partial charge on any atom is 0.246 e. The summed E-state index contributed by atoms with van der Waals surface area (Å²) < 4.78 is 0. The fraction of sp³-hybridized carbons (Fsp3) is 0.700. The highest BCUT2D eigenvalue weighted by Crippen LogP contribution is 2.08. The largest absolute Gasteiger partial charge is 0.352 e. The average molecular weight is 182 g/mol. The molecule has 1 saturated heterocycles. The Morgan fingerprint density at radius 3 is 2.54 bits per heavy atom. The number of amides is 1. The lowest BCUT2D eigenvalue weighted by Crippen LogP contribution is -2.38. The Morgan fingerprint density at radius 1 is 1.54 bits per heavy atom. The number of hydrogen-bond donors (Lipinski definition) is 2. The van der Waals surface area contributed by atoms with E-state index < -0.39 is 0 Å². The second-order valence-corrected chi connectivity index (χ2v) is 3.94. The molecule has 74 valence electrons. The van der Waals surface area contributed by atoms with Gasteiger partial charge in [-0.25, -0.2) is 0 Å². The Labute approximate surface area is 79.6 Å². The lowest BCUT2D eigenvalue weighted by atomic mass is 10.0. The quantitative estimate of drug-likeness (QED) is 0.630. The van der Waals surface area contributed by atoms with Crippen LogP contribution >= 0.6 is 0 Å². The number of rotatable bonds is 3. The van der Waals surface area contributed by atoms with Crippen molar-refractivity contribution in [1.82, 2.24) is 10.6 Å². The van der Waals surface area contributed by atoms with Crippen LogP contribution in [0.1, 0.15) is 20.8 Å². The van der Waals surface area contributed by atoms with Crippen molar-refractivity contribution >= 4 is 5.91 Å². The zero-order chi connectivity index (χ0) is 9.84. The van der Waals surface area contributed by atoms with Crippen LogP contribution in [0.4, 0.5) is 0 Å². The van der Waals surface area contributed by atoms with Gasteiger partial charge in [0, 0.05) is 25.2 Å². The molecule has 0 bridgehead atoms. The first-order valence-electron chi connectivity index (χ1n) is 4.78. The summed E-state index contributed by atoms with van der Waals surface area (Å²) in [5.74, 6) is 0.603. The average Bonchev–Trinajstić information content (AvgIpc) is 1.96. The third kappa shape index (κ3) is 2.84. The predicted molar refractivity (Wildman–Crippen MR) is 53.4 cm³/mol. The molecule has 0 unspecified atom stereocenters. The van der Waals surface area contributed by atoms with E-state index in [2.05, 4.69) is 24.5 Å². The van der Waals surface area contributed by atoms with Gasteiger partial charge >= 0.3 is 0 Å². The van der Waals surface area contributed by atoms with Gasteiger partial charge in [-0.15, -0.1) is 0 Å². The molecule has 1 aliphatic heterocycles. The summed E-state index contributed by atoms with van der Waals surface area (Å²) in [6, 6.07) is 0. The molecule has 1 amide bonds. The Balaban J connectivity index is 2.39. The van der Waals surface area contributed by atoms with E-state index in [1.54, 1.807) is 0 Å². The Morgan fingerprint density at radius 2 is 2.15 bits per heavy atom. The zero-order valence-corrected chi connectivity index (χ0v) is 8.61. The Hall–Kier alpha value is -0.830. The van der Waals surface area contributed by atoms with Crippen molar-refractivity contribution in [2.45, 2.75) is 20.8 Å². The first-order valence-corrected chi connectivity index (χ1v) is 4.78. The lowest BCUT2D eigenvalue weighted by Gasteiger charge is -2.21. The van der Waals surface area contributed by atoms with Crippen LogP contribution in [-0.4, -0.2) is 25.5 Å². The molecule has 0 aromatic carbocycles. The summed E-state index contributed by atoms with van der Waals surface area (Å²) in [5.41, 5.74) is 2.13. The number of nitrogens with one attached hydrogen (secondary N) is 2. The van der Waals surface area contributed by atoms with E-state index in [0.717, 1.165) is 25.2 Å². The molecule has 0 spiro atoms. The summed E-state index contributed by atoms with van der Waals surface area (Å²) >= 11 is 0. The van der Waals surface area contributed by atoms with Gasteiger partial charge in [0.1, 0.15) is 0 Å². The third-order valence-corrected chi connectivity index (χ3v) is 2.22. The molecule has 0 atom stereocenters. The van der Waals surface area contributed by atoms with E-state index in [9.17, 15) is 4.79 Å². The molecule has 2 N–H and O–H groups in total. The molecule has 3 nitrogen and oxygen atoms in total. The molecule has 1 fully saturated rings. The molecule has 3 heteroatoms. The van der Waals surface area contributed by atoms with Gasteiger partial charge in [0.15, 0.2) is 0 Å². The maximum atomic E-state index is 11.5. The third-order valence-electron chi connectivity index (χ3n) is 2.22. The highest BCUT2D eigenvalue weighted by Gasteiger charge is 2.15. The van der Waals surface area contributed by atoms with Gasteiger partial charge in [0.05, 0.1) is 0 Å². The van der Waals surface area contributed by atoms with Gasteiger partial charge in [0.2, 0.25) is 5.91 Å². The van der Waals surface area contributed by atoms with Crippen molar-refractivity contribution in [2.75, 3.05) is 19.6 Å². The van der Waals surface area contributed by atoms with Crippen LogP contribution < -0.4 is 10.6 Å². The van der Waals surface area contributed by atoms with Crippen molar-refractivity contribution in [1.29, 1.82) is 0 Å². The second-order valence-electron chi connectivity index (χ2n) is 3.94. The lowest BCUT2D eigenvalue weighted by molar-refractivity contribution is -0.117. The minimum atomic E-state index is 0.0881. The van der Waals surface area contributed by atoms with E-state index in [4.69, 9.17) is 0 Å². The molecular weight excluding hydrogens is 164 g/mol. The molecule has 1 aliphatic rings. The standard InChI is InChI=1S/C10H18N2O/c1-7(2)4-12-10(13)8(3)9-5-11-6-9/h7,11H,4-6H2,1-3H3,(H,12,13). The van der Waals surface area contributed by atoms with Crippen molar-refractivity contribution < 1.29 is 4.79 Å². The van der Waals surface area contributed by atoms with Gasteiger partial charge in [-0.3, -0.25) is 4.79 Å². The van der Waals surface area contributed by atoms with E-state index in [1.807, 2.05) is 6.92 Å². The minimum absolute atomic E-state index is 0.0881. The summed E-state index contributed by atoms with van der Waals surface area (Å²) in [6.07, 6.45) is 0. The SMILES string of the molecule is CC(C(=O)NCC(C)C)=C1CNC1. The molecule has 0 radical (unpaired) electrons. The first kappa shape index (κ1) is 10.3. The molecule has 1 rings (SSSR count). The van der Waals surface area contributed by atoms with E-state index in [0.29, 0.717) is 5.92 Å². The van der Waals surface area contributed by atoms with Gasteiger partial charge in [-0.1, -0.05) is 13.8 Å². The van der Waals surface area contributed by atoms with Gasteiger partial charge in [0.25, 0.3) is 0 Å². The molecule has 0 aliphatic carbocycles. The fourth-order valence-electron chi connectivity index (χ4n) is 1.11. The van der Waals surface area contributed by atoms with E-state index in [1.165, 1.54) is 5.57 Å². The molecule has 0 aromatic rings. The summed E-state index contributed by atoms with van der Waals surface area (Å²) in [7, 11) is 0. The van der Waals surface area contributed by atoms with Crippen LogP contribution in [0, 0.1) is 5.92 Å². The van der Waals surface area contributed by atoms with Crippen LogP contribution in [0.3, 0.4) is 0 Å². The van der Waals surface area contributed by atoms with Crippen molar-refractivity contribution in [3.63, 3.8) is 0 Å². The summed E-state index contributed by atoms with van der Waals surface area (Å²) in [4.78, 5) is 11.5. The topological polar surface area (TPSA) is 41.1 Å². The zero-order valence-electron chi connectivity index (χ0n) is 8.61. The van der Waals surface area contributed by atoms with Crippen molar-refractivity contribution in [2.24, 2.45) is 5.92 Å². The number of carbonyl (C=O) groups is 1. The van der Waals surface area contributed by atoms with Crippen molar-refractivity contribution in [3.8, 4) is 0 Å². The van der Waals surface area contributed by atoms with Crippen LogP contribution in [0.25, 0.3) is 0 Å². The van der Waals surface area contributed by atoms with Gasteiger partial charge in [-0.2, -0.15) is 0 Å². The van der Waals surface area contributed by atoms with Gasteiger partial charge in [-0.05, 0) is 18.4 Å². The van der Waals surface area contributed by atoms with Crippen molar-refractivity contribution in [3.05, 3.63) is 11.1 Å². The molecule has 0 aromatic heterocycles. The number of hydrogen-bond acceptors (Lipinski definition) is 2. The molecule has 1 heterocycles. The predicted octanol–water partition coefficient (Wildman–Crippen LogP) is 0.678. The number of carbonyl (C=O) groups excluding carboxylic acids is 1. The van der Waals surface area contributed by atoms with Crippen LogP contribution in [0.15, 0.2) is 11.1 Å². The minimum Gasteiger partial charge on any atom is -0.352 e. The maximum absolute atomic E-state index is 11.5. The second kappa shape index (κ2) is 4.42.